The zero-order valence-corrected chi connectivity index (χ0v) is 12.7. The Balaban J connectivity index is 2.22. The standard InChI is InChI=1S/C15H23N5/c1-5-16-14(15-10-17-12(4)9-18-15)8-13-7-11(3)19-20(13)6-2/h7,9-10,14,16H,5-6,8H2,1-4H3. The summed E-state index contributed by atoms with van der Waals surface area (Å²) in [5.74, 6) is 0. The van der Waals surface area contributed by atoms with Crippen molar-refractivity contribution < 1.29 is 0 Å². The maximum Gasteiger partial charge on any atom is 0.0760 e. The third kappa shape index (κ3) is 3.42. The van der Waals surface area contributed by atoms with E-state index in [1.54, 1.807) is 0 Å². The number of nitrogens with one attached hydrogen (secondary N) is 1. The van der Waals surface area contributed by atoms with Crippen LogP contribution in [0.2, 0.25) is 0 Å². The minimum absolute atomic E-state index is 0.175. The summed E-state index contributed by atoms with van der Waals surface area (Å²) in [6.45, 7) is 10.0. The Morgan fingerprint density at radius 2 is 1.95 bits per heavy atom. The summed E-state index contributed by atoms with van der Waals surface area (Å²) in [6.07, 6.45) is 4.56. The third-order valence-electron chi connectivity index (χ3n) is 3.31. The average Bonchev–Trinajstić information content (AvgIpc) is 2.79. The van der Waals surface area contributed by atoms with Gasteiger partial charge in [0, 0.05) is 24.9 Å². The van der Waals surface area contributed by atoms with E-state index in [9.17, 15) is 0 Å². The van der Waals surface area contributed by atoms with E-state index in [-0.39, 0.29) is 6.04 Å². The molecule has 2 aromatic rings. The smallest absolute Gasteiger partial charge is 0.0760 e. The lowest BCUT2D eigenvalue weighted by Gasteiger charge is -2.17. The molecule has 1 N–H and O–H groups in total. The van der Waals surface area contributed by atoms with E-state index >= 15 is 0 Å². The number of hydrogen-bond donors (Lipinski definition) is 1. The van der Waals surface area contributed by atoms with E-state index in [1.807, 2.05) is 26.2 Å². The number of hydrogen-bond acceptors (Lipinski definition) is 4. The van der Waals surface area contributed by atoms with Gasteiger partial charge in [0.25, 0.3) is 0 Å². The maximum atomic E-state index is 4.50. The van der Waals surface area contributed by atoms with Gasteiger partial charge in [0.1, 0.15) is 0 Å². The molecule has 2 rings (SSSR count). The lowest BCUT2D eigenvalue weighted by Crippen LogP contribution is -2.25. The quantitative estimate of drug-likeness (QED) is 0.876. The van der Waals surface area contributed by atoms with Gasteiger partial charge >= 0.3 is 0 Å². The summed E-state index contributed by atoms with van der Waals surface area (Å²) in [6, 6.07) is 2.32. The Bertz CT molecular complexity index is 544. The molecule has 0 saturated carbocycles. The lowest BCUT2D eigenvalue weighted by atomic mass is 10.1. The molecule has 0 fully saturated rings. The molecule has 0 aliphatic rings. The van der Waals surface area contributed by atoms with Crippen LogP contribution in [0.25, 0.3) is 0 Å². The molecule has 1 atom stereocenters. The van der Waals surface area contributed by atoms with E-state index in [4.69, 9.17) is 0 Å². The SMILES string of the molecule is CCNC(Cc1cc(C)nn1CC)c1cnc(C)cn1. The molecule has 0 bridgehead atoms. The molecule has 20 heavy (non-hydrogen) atoms. The fraction of sp³-hybridized carbons (Fsp3) is 0.533. The predicted octanol–water partition coefficient (Wildman–Crippen LogP) is 2.20. The summed E-state index contributed by atoms with van der Waals surface area (Å²) >= 11 is 0. The van der Waals surface area contributed by atoms with Crippen LogP contribution in [-0.4, -0.2) is 26.3 Å². The Labute approximate surface area is 120 Å². The second-order valence-corrected chi connectivity index (χ2v) is 4.99. The largest absolute Gasteiger partial charge is 0.309 e. The van der Waals surface area contributed by atoms with Gasteiger partial charge in [0.2, 0.25) is 0 Å². The van der Waals surface area contributed by atoms with Gasteiger partial charge in [-0.05, 0) is 33.4 Å². The zero-order valence-electron chi connectivity index (χ0n) is 12.7. The normalized spacial score (nSPS) is 12.6. The molecule has 0 aliphatic carbocycles. The molecule has 1 unspecified atom stereocenters. The Kier molecular flexibility index (Phi) is 4.84. The maximum absolute atomic E-state index is 4.50. The molecule has 5 heteroatoms. The van der Waals surface area contributed by atoms with Crippen molar-refractivity contribution >= 4 is 0 Å². The summed E-state index contributed by atoms with van der Waals surface area (Å²) in [4.78, 5) is 8.85. The number of nitrogens with zero attached hydrogens (tertiary/aromatic N) is 4. The first kappa shape index (κ1) is 14.7. The van der Waals surface area contributed by atoms with Crippen molar-refractivity contribution in [2.75, 3.05) is 6.54 Å². The van der Waals surface area contributed by atoms with Crippen molar-refractivity contribution in [1.82, 2.24) is 25.1 Å². The average molecular weight is 273 g/mol. The summed E-state index contributed by atoms with van der Waals surface area (Å²) in [5, 5.41) is 7.99. The van der Waals surface area contributed by atoms with E-state index in [2.05, 4.69) is 45.0 Å². The van der Waals surface area contributed by atoms with Gasteiger partial charge in [0.05, 0.1) is 29.3 Å². The molecule has 0 amide bonds. The number of rotatable bonds is 6. The molecule has 5 nitrogen and oxygen atoms in total. The highest BCUT2D eigenvalue weighted by atomic mass is 15.3. The van der Waals surface area contributed by atoms with Crippen LogP contribution in [0.4, 0.5) is 0 Å². The minimum Gasteiger partial charge on any atom is -0.309 e. The van der Waals surface area contributed by atoms with Crippen molar-refractivity contribution in [3.05, 3.63) is 41.2 Å². The molecule has 108 valence electrons. The van der Waals surface area contributed by atoms with E-state index in [0.29, 0.717) is 0 Å². The molecular weight excluding hydrogens is 250 g/mol. The summed E-state index contributed by atoms with van der Waals surface area (Å²) in [5.41, 5.74) is 4.22. The van der Waals surface area contributed by atoms with Gasteiger partial charge in [0.15, 0.2) is 0 Å². The topological polar surface area (TPSA) is 55.6 Å². The summed E-state index contributed by atoms with van der Waals surface area (Å²) < 4.78 is 2.06. The Morgan fingerprint density at radius 1 is 1.15 bits per heavy atom. The van der Waals surface area contributed by atoms with Gasteiger partial charge in [-0.15, -0.1) is 0 Å². The van der Waals surface area contributed by atoms with Crippen molar-refractivity contribution in [1.29, 1.82) is 0 Å². The molecular formula is C15H23N5. The van der Waals surface area contributed by atoms with Gasteiger partial charge < -0.3 is 5.32 Å². The Morgan fingerprint density at radius 3 is 2.55 bits per heavy atom. The molecule has 0 spiro atoms. The third-order valence-corrected chi connectivity index (χ3v) is 3.31. The molecule has 2 aromatic heterocycles. The fourth-order valence-corrected chi connectivity index (χ4v) is 2.36. The highest BCUT2D eigenvalue weighted by Crippen LogP contribution is 2.17. The summed E-state index contributed by atoms with van der Waals surface area (Å²) in [7, 11) is 0. The molecule has 0 radical (unpaired) electrons. The highest BCUT2D eigenvalue weighted by molar-refractivity contribution is 5.15. The first-order valence-electron chi connectivity index (χ1n) is 7.19. The van der Waals surface area contributed by atoms with Crippen LogP contribution in [0, 0.1) is 13.8 Å². The second kappa shape index (κ2) is 6.61. The van der Waals surface area contributed by atoms with Crippen LogP contribution in [0.1, 0.15) is 42.7 Å². The van der Waals surface area contributed by atoms with Crippen molar-refractivity contribution in [3.8, 4) is 0 Å². The van der Waals surface area contributed by atoms with Crippen molar-refractivity contribution in [3.63, 3.8) is 0 Å². The first-order chi connectivity index (χ1) is 9.63. The fourth-order valence-electron chi connectivity index (χ4n) is 2.36. The predicted molar refractivity (Wildman–Crippen MR) is 79.5 cm³/mol. The lowest BCUT2D eigenvalue weighted by molar-refractivity contribution is 0.505. The van der Waals surface area contributed by atoms with Gasteiger partial charge in [-0.3, -0.25) is 14.6 Å². The molecule has 0 saturated heterocycles. The van der Waals surface area contributed by atoms with Crippen LogP contribution in [0.3, 0.4) is 0 Å². The van der Waals surface area contributed by atoms with Gasteiger partial charge in [-0.25, -0.2) is 0 Å². The molecule has 0 aromatic carbocycles. The van der Waals surface area contributed by atoms with E-state index in [1.165, 1.54) is 5.69 Å². The Hall–Kier alpha value is -1.75. The van der Waals surface area contributed by atoms with Crippen LogP contribution in [0.5, 0.6) is 0 Å². The van der Waals surface area contributed by atoms with Crippen LogP contribution < -0.4 is 5.32 Å². The molecule has 2 heterocycles. The zero-order chi connectivity index (χ0) is 14.5. The molecule has 0 aliphatic heterocycles. The van der Waals surface area contributed by atoms with Gasteiger partial charge in [-0.1, -0.05) is 6.92 Å². The minimum atomic E-state index is 0.175. The van der Waals surface area contributed by atoms with Gasteiger partial charge in [-0.2, -0.15) is 5.10 Å². The number of aryl methyl sites for hydroxylation is 3. The first-order valence-corrected chi connectivity index (χ1v) is 7.19. The van der Waals surface area contributed by atoms with Crippen LogP contribution >= 0.6 is 0 Å². The monoisotopic (exact) mass is 273 g/mol. The van der Waals surface area contributed by atoms with E-state index in [0.717, 1.165) is 36.6 Å². The van der Waals surface area contributed by atoms with Crippen LogP contribution in [0.15, 0.2) is 18.5 Å². The van der Waals surface area contributed by atoms with E-state index < -0.39 is 0 Å². The second-order valence-electron chi connectivity index (χ2n) is 4.99. The van der Waals surface area contributed by atoms with Crippen molar-refractivity contribution in [2.24, 2.45) is 0 Å². The van der Waals surface area contributed by atoms with Crippen molar-refractivity contribution in [2.45, 2.75) is 46.7 Å². The highest BCUT2D eigenvalue weighted by Gasteiger charge is 2.16. The number of likely N-dealkylation sites (N-methyl/N-ethyl adjacent to an activating group) is 1. The number of aromatic nitrogens is 4. The van der Waals surface area contributed by atoms with Crippen LogP contribution in [-0.2, 0) is 13.0 Å².